The van der Waals surface area contributed by atoms with E-state index in [0.717, 1.165) is 32.5 Å². The first-order valence-electron chi connectivity index (χ1n) is 5.75. The highest BCUT2D eigenvalue weighted by molar-refractivity contribution is 5.75. The molecule has 2 bridgehead atoms. The molecular formula is C11H17NO4. The van der Waals surface area contributed by atoms with Crippen molar-refractivity contribution in [3.05, 3.63) is 0 Å². The average molecular weight is 227 g/mol. The van der Waals surface area contributed by atoms with Gasteiger partial charge >= 0.3 is 11.9 Å². The SMILES string of the molecule is O=C(O)COC(=O)CC1CN2CCC1CC2. The Morgan fingerprint density at radius 2 is 2.00 bits per heavy atom. The van der Waals surface area contributed by atoms with Gasteiger partial charge in [-0.15, -0.1) is 0 Å². The van der Waals surface area contributed by atoms with Gasteiger partial charge in [-0.3, -0.25) is 4.79 Å². The van der Waals surface area contributed by atoms with Gasteiger partial charge in [0, 0.05) is 13.0 Å². The van der Waals surface area contributed by atoms with E-state index in [0.29, 0.717) is 18.3 Å². The Kier molecular flexibility index (Phi) is 3.43. The van der Waals surface area contributed by atoms with E-state index in [-0.39, 0.29) is 5.97 Å². The second kappa shape index (κ2) is 4.82. The highest BCUT2D eigenvalue weighted by Crippen LogP contribution is 2.34. The molecule has 0 aromatic heterocycles. The Morgan fingerprint density at radius 3 is 2.50 bits per heavy atom. The summed E-state index contributed by atoms with van der Waals surface area (Å²) >= 11 is 0. The number of aliphatic carboxylic acids is 1. The molecule has 3 aliphatic heterocycles. The molecule has 0 spiro atoms. The van der Waals surface area contributed by atoms with Crippen molar-refractivity contribution < 1.29 is 19.4 Å². The van der Waals surface area contributed by atoms with Crippen LogP contribution in [0.1, 0.15) is 19.3 Å². The zero-order chi connectivity index (χ0) is 11.5. The lowest BCUT2D eigenvalue weighted by atomic mass is 9.77. The van der Waals surface area contributed by atoms with Crippen LogP contribution in [-0.4, -0.2) is 48.2 Å². The lowest BCUT2D eigenvalue weighted by molar-refractivity contribution is -0.156. The van der Waals surface area contributed by atoms with Crippen LogP contribution in [0, 0.1) is 11.8 Å². The number of piperidine rings is 3. The Bertz CT molecular complexity index is 284. The lowest BCUT2D eigenvalue weighted by Crippen LogP contribution is -2.48. The molecule has 0 aromatic carbocycles. The molecule has 1 N–H and O–H groups in total. The van der Waals surface area contributed by atoms with Crippen LogP contribution < -0.4 is 0 Å². The zero-order valence-corrected chi connectivity index (χ0v) is 9.22. The maximum atomic E-state index is 11.4. The second-order valence-corrected chi connectivity index (χ2v) is 4.66. The first-order chi connectivity index (χ1) is 7.65. The van der Waals surface area contributed by atoms with Crippen molar-refractivity contribution in [2.24, 2.45) is 11.8 Å². The van der Waals surface area contributed by atoms with Crippen LogP contribution in [0.5, 0.6) is 0 Å². The van der Waals surface area contributed by atoms with E-state index in [1.807, 2.05) is 0 Å². The van der Waals surface area contributed by atoms with Gasteiger partial charge in [0.05, 0.1) is 0 Å². The molecule has 5 nitrogen and oxygen atoms in total. The summed E-state index contributed by atoms with van der Waals surface area (Å²) in [7, 11) is 0. The largest absolute Gasteiger partial charge is 0.479 e. The van der Waals surface area contributed by atoms with E-state index in [1.54, 1.807) is 0 Å². The normalized spacial score (nSPS) is 32.4. The number of rotatable bonds is 4. The first-order valence-corrected chi connectivity index (χ1v) is 5.75. The number of nitrogens with zero attached hydrogens (tertiary/aromatic N) is 1. The van der Waals surface area contributed by atoms with E-state index in [9.17, 15) is 9.59 Å². The number of esters is 1. The summed E-state index contributed by atoms with van der Waals surface area (Å²) in [6.07, 6.45) is 2.70. The van der Waals surface area contributed by atoms with Gasteiger partial charge in [0.25, 0.3) is 0 Å². The molecule has 0 aromatic rings. The van der Waals surface area contributed by atoms with Gasteiger partial charge in [-0.2, -0.15) is 0 Å². The van der Waals surface area contributed by atoms with Crippen molar-refractivity contribution >= 4 is 11.9 Å². The third-order valence-electron chi connectivity index (χ3n) is 3.58. The molecule has 3 aliphatic rings. The van der Waals surface area contributed by atoms with E-state index >= 15 is 0 Å². The fraction of sp³-hybridized carbons (Fsp3) is 0.818. The fourth-order valence-corrected chi connectivity index (χ4v) is 2.73. The number of carbonyl (C=O) groups is 2. The Balaban J connectivity index is 1.77. The molecule has 1 unspecified atom stereocenters. The van der Waals surface area contributed by atoms with Crippen LogP contribution in [0.2, 0.25) is 0 Å². The van der Waals surface area contributed by atoms with Crippen molar-refractivity contribution in [1.29, 1.82) is 0 Å². The fourth-order valence-electron chi connectivity index (χ4n) is 2.73. The van der Waals surface area contributed by atoms with Crippen LogP contribution in [0.15, 0.2) is 0 Å². The van der Waals surface area contributed by atoms with Crippen LogP contribution >= 0.6 is 0 Å². The van der Waals surface area contributed by atoms with Gasteiger partial charge in [-0.1, -0.05) is 0 Å². The minimum Gasteiger partial charge on any atom is -0.479 e. The molecule has 3 fully saturated rings. The van der Waals surface area contributed by atoms with Crippen molar-refractivity contribution in [2.45, 2.75) is 19.3 Å². The first kappa shape index (κ1) is 11.4. The summed E-state index contributed by atoms with van der Waals surface area (Å²) in [4.78, 5) is 24.0. The third kappa shape index (κ3) is 2.72. The Labute approximate surface area is 94.4 Å². The number of carboxylic acids is 1. The maximum absolute atomic E-state index is 11.4. The van der Waals surface area contributed by atoms with Crippen molar-refractivity contribution in [3.63, 3.8) is 0 Å². The maximum Gasteiger partial charge on any atom is 0.341 e. The van der Waals surface area contributed by atoms with E-state index in [1.165, 1.54) is 0 Å². The molecule has 0 amide bonds. The van der Waals surface area contributed by atoms with Crippen LogP contribution in [0.4, 0.5) is 0 Å². The van der Waals surface area contributed by atoms with Crippen LogP contribution in [-0.2, 0) is 14.3 Å². The number of carbonyl (C=O) groups excluding carboxylic acids is 1. The van der Waals surface area contributed by atoms with Crippen molar-refractivity contribution in [1.82, 2.24) is 4.90 Å². The molecule has 90 valence electrons. The highest BCUT2D eigenvalue weighted by atomic mass is 16.5. The summed E-state index contributed by atoms with van der Waals surface area (Å²) in [5, 5.41) is 8.39. The molecule has 0 aliphatic carbocycles. The van der Waals surface area contributed by atoms with Crippen LogP contribution in [0.25, 0.3) is 0 Å². The second-order valence-electron chi connectivity index (χ2n) is 4.66. The molecule has 0 saturated carbocycles. The number of hydrogen-bond acceptors (Lipinski definition) is 4. The molecule has 3 saturated heterocycles. The van der Waals surface area contributed by atoms with Gasteiger partial charge in [-0.05, 0) is 37.8 Å². The summed E-state index contributed by atoms with van der Waals surface area (Å²) < 4.78 is 4.66. The molecule has 1 atom stereocenters. The molecular weight excluding hydrogens is 210 g/mol. The number of fused-ring (bicyclic) bond motifs is 3. The number of hydrogen-bond donors (Lipinski definition) is 1. The third-order valence-corrected chi connectivity index (χ3v) is 3.58. The van der Waals surface area contributed by atoms with Gasteiger partial charge in [0.15, 0.2) is 6.61 Å². The monoisotopic (exact) mass is 227 g/mol. The van der Waals surface area contributed by atoms with E-state index in [2.05, 4.69) is 9.64 Å². The predicted molar refractivity (Wildman–Crippen MR) is 55.9 cm³/mol. The van der Waals surface area contributed by atoms with Crippen LogP contribution in [0.3, 0.4) is 0 Å². The standard InChI is InChI=1S/C11H17NO4/c13-10(14)7-16-11(15)5-9-6-12-3-1-8(9)2-4-12/h8-9H,1-7H2,(H,13,14). The Hall–Kier alpha value is -1.10. The minimum atomic E-state index is -1.10. The summed E-state index contributed by atoms with van der Waals surface area (Å²) in [5.74, 6) is -0.477. The zero-order valence-electron chi connectivity index (χ0n) is 9.22. The molecule has 3 rings (SSSR count). The molecule has 0 radical (unpaired) electrons. The minimum absolute atomic E-state index is 0.365. The van der Waals surface area contributed by atoms with Crippen molar-refractivity contribution in [3.8, 4) is 0 Å². The molecule has 16 heavy (non-hydrogen) atoms. The summed E-state index contributed by atoms with van der Waals surface area (Å²) in [6, 6.07) is 0. The van der Waals surface area contributed by atoms with E-state index in [4.69, 9.17) is 5.11 Å². The lowest BCUT2D eigenvalue weighted by Gasteiger charge is -2.44. The Morgan fingerprint density at radius 1 is 1.31 bits per heavy atom. The van der Waals surface area contributed by atoms with Gasteiger partial charge in [-0.25, -0.2) is 4.79 Å². The van der Waals surface area contributed by atoms with Gasteiger partial charge in [0.2, 0.25) is 0 Å². The number of ether oxygens (including phenoxy) is 1. The molecule has 5 heteroatoms. The predicted octanol–water partition coefficient (Wildman–Crippen LogP) is 0.346. The summed E-state index contributed by atoms with van der Waals surface area (Å²) in [5.41, 5.74) is 0. The van der Waals surface area contributed by atoms with E-state index < -0.39 is 12.6 Å². The highest BCUT2D eigenvalue weighted by Gasteiger charge is 2.35. The summed E-state index contributed by atoms with van der Waals surface area (Å²) in [6.45, 7) is 2.74. The van der Waals surface area contributed by atoms with Gasteiger partial charge in [0.1, 0.15) is 0 Å². The quantitative estimate of drug-likeness (QED) is 0.702. The van der Waals surface area contributed by atoms with Crippen molar-refractivity contribution in [2.75, 3.05) is 26.2 Å². The van der Waals surface area contributed by atoms with Gasteiger partial charge < -0.3 is 14.7 Å². The molecule has 3 heterocycles. The smallest absolute Gasteiger partial charge is 0.341 e. The average Bonchev–Trinajstić information content (AvgIpc) is 2.28. The topological polar surface area (TPSA) is 66.8 Å². The number of carboxylic acid groups (broad SMARTS) is 1.